The number of piperidine rings is 1. The Balaban J connectivity index is 1.10. The van der Waals surface area contributed by atoms with Crippen LogP contribution in [0.25, 0.3) is 27.8 Å². The Kier molecular flexibility index (Phi) is 8.40. The number of aromatic amines is 1. The number of amides is 1. The van der Waals surface area contributed by atoms with Gasteiger partial charge < -0.3 is 24.9 Å². The predicted octanol–water partition coefficient (Wildman–Crippen LogP) is 4.51. The van der Waals surface area contributed by atoms with Gasteiger partial charge in [0.25, 0.3) is 0 Å². The van der Waals surface area contributed by atoms with Crippen LogP contribution in [0.3, 0.4) is 0 Å². The second-order valence-corrected chi connectivity index (χ2v) is 11.4. The van der Waals surface area contributed by atoms with E-state index in [9.17, 15) is 14.0 Å². The number of aryl methyl sites for hydroxylation is 1. The first-order valence-corrected chi connectivity index (χ1v) is 14.9. The second kappa shape index (κ2) is 12.5. The van der Waals surface area contributed by atoms with E-state index >= 15 is 0 Å². The number of methoxy groups -OCH3 is 1. The lowest BCUT2D eigenvalue weighted by Gasteiger charge is -2.33. The minimum atomic E-state index is -0.471. The molecular formula is C33H37FN6O3. The quantitative estimate of drug-likeness (QED) is 0.235. The van der Waals surface area contributed by atoms with Gasteiger partial charge in [-0.1, -0.05) is 30.3 Å². The number of para-hydroxylation sites is 3. The Morgan fingerprint density at radius 3 is 2.72 bits per heavy atom. The average molecular weight is 585 g/mol. The van der Waals surface area contributed by atoms with Crippen molar-refractivity contribution in [3.8, 4) is 5.69 Å². The third-order valence-electron chi connectivity index (χ3n) is 8.35. The number of nitrogens with one attached hydrogen (secondary N) is 1. The van der Waals surface area contributed by atoms with E-state index in [1.807, 2.05) is 47.4 Å². The first-order chi connectivity index (χ1) is 20.9. The van der Waals surface area contributed by atoms with Crippen molar-refractivity contribution in [1.29, 1.82) is 0 Å². The van der Waals surface area contributed by atoms with Crippen molar-refractivity contribution >= 4 is 28.0 Å². The zero-order chi connectivity index (χ0) is 29.9. The fraction of sp³-hybridized carbons (Fsp3) is 0.364. The number of fused-ring (bicyclic) bond motifs is 2. The molecule has 1 aliphatic heterocycles. The SMILES string of the molecule is COCCCn1c([C@@H]2CCCN(C(=O)C[C@H](N)Cc3ccc(-n4c(=O)[nH]c5c(F)cccc54)cc3)C2)nc2ccccc21. The summed E-state index contributed by atoms with van der Waals surface area (Å²) in [7, 11) is 1.72. The highest BCUT2D eigenvalue weighted by molar-refractivity contribution is 5.79. The summed E-state index contributed by atoms with van der Waals surface area (Å²) in [5.41, 5.74) is 10.4. The van der Waals surface area contributed by atoms with Gasteiger partial charge >= 0.3 is 5.69 Å². The number of nitrogens with two attached hydrogens (primary N) is 1. The summed E-state index contributed by atoms with van der Waals surface area (Å²) >= 11 is 0. The number of H-pyrrole nitrogens is 1. The van der Waals surface area contributed by atoms with Crippen LogP contribution in [0.1, 0.15) is 43.0 Å². The number of carbonyl (C=O) groups is 1. The molecule has 3 heterocycles. The van der Waals surface area contributed by atoms with Crippen LogP contribution in [0.15, 0.2) is 71.5 Å². The number of rotatable bonds is 10. The number of ether oxygens (including phenoxy) is 1. The lowest BCUT2D eigenvalue weighted by atomic mass is 9.96. The van der Waals surface area contributed by atoms with Gasteiger partial charge in [-0.25, -0.2) is 14.2 Å². The Bertz CT molecular complexity index is 1790. The van der Waals surface area contributed by atoms with E-state index in [2.05, 4.69) is 15.6 Å². The number of halogens is 1. The average Bonchev–Trinajstić information content (AvgIpc) is 3.56. The number of carbonyl (C=O) groups excluding carboxylic acids is 1. The summed E-state index contributed by atoms with van der Waals surface area (Å²) in [6, 6.07) is 19.9. The molecule has 2 atom stereocenters. The lowest BCUT2D eigenvalue weighted by Crippen LogP contribution is -2.42. The molecule has 224 valence electrons. The Morgan fingerprint density at radius 2 is 1.91 bits per heavy atom. The maximum atomic E-state index is 14.1. The van der Waals surface area contributed by atoms with Gasteiger partial charge in [0.05, 0.1) is 22.2 Å². The summed E-state index contributed by atoms with van der Waals surface area (Å²) in [5, 5.41) is 0. The first-order valence-electron chi connectivity index (χ1n) is 14.9. The van der Waals surface area contributed by atoms with Crippen LogP contribution >= 0.6 is 0 Å². The predicted molar refractivity (Wildman–Crippen MR) is 165 cm³/mol. The summed E-state index contributed by atoms with van der Waals surface area (Å²) in [4.78, 5) is 35.4. The van der Waals surface area contributed by atoms with E-state index in [1.165, 1.54) is 10.6 Å². The summed E-state index contributed by atoms with van der Waals surface area (Å²) < 4.78 is 23.2. The number of hydrogen-bond donors (Lipinski definition) is 2. The standard InChI is InChI=1S/C33H37FN6O3/c1-43-18-6-17-39-28-10-3-2-9-27(28)36-32(39)23-7-5-16-38(21-23)30(41)20-24(35)19-22-12-14-25(15-13-22)40-29-11-4-8-26(34)31(29)37-33(40)42/h2-4,8-15,23-24H,5-7,16-21,35H2,1H3,(H,37,42)/t23-,24-/m1/s1. The van der Waals surface area contributed by atoms with E-state index in [1.54, 1.807) is 19.2 Å². The summed E-state index contributed by atoms with van der Waals surface area (Å²) in [6.07, 6.45) is 3.58. The van der Waals surface area contributed by atoms with Crippen LogP contribution in [0.5, 0.6) is 0 Å². The monoisotopic (exact) mass is 584 g/mol. The summed E-state index contributed by atoms with van der Waals surface area (Å²) in [5.74, 6) is 0.790. The molecule has 43 heavy (non-hydrogen) atoms. The van der Waals surface area contributed by atoms with E-state index in [-0.39, 0.29) is 29.8 Å². The fourth-order valence-corrected chi connectivity index (χ4v) is 6.28. The third kappa shape index (κ3) is 5.98. The number of imidazole rings is 2. The molecule has 6 rings (SSSR count). The Hall–Kier alpha value is -4.28. The van der Waals surface area contributed by atoms with Gasteiger partial charge in [0.1, 0.15) is 17.2 Å². The maximum absolute atomic E-state index is 14.1. The van der Waals surface area contributed by atoms with Gasteiger partial charge in [0.15, 0.2) is 0 Å². The Morgan fingerprint density at radius 1 is 1.12 bits per heavy atom. The molecule has 0 saturated carbocycles. The van der Waals surface area contributed by atoms with Crippen LogP contribution in [0.2, 0.25) is 0 Å². The zero-order valence-corrected chi connectivity index (χ0v) is 24.3. The van der Waals surface area contributed by atoms with Crippen molar-refractivity contribution in [2.24, 2.45) is 5.73 Å². The summed E-state index contributed by atoms with van der Waals surface area (Å²) in [6.45, 7) is 2.86. The maximum Gasteiger partial charge on any atom is 0.331 e. The molecule has 0 bridgehead atoms. The van der Waals surface area contributed by atoms with Crippen molar-refractivity contribution in [3.05, 3.63) is 94.4 Å². The largest absolute Gasteiger partial charge is 0.385 e. The number of likely N-dealkylation sites (tertiary alicyclic amines) is 1. The molecule has 10 heteroatoms. The lowest BCUT2D eigenvalue weighted by molar-refractivity contribution is -0.132. The van der Waals surface area contributed by atoms with Gasteiger partial charge in [0, 0.05) is 51.7 Å². The molecule has 1 amide bonds. The van der Waals surface area contributed by atoms with E-state index in [0.717, 1.165) is 54.8 Å². The van der Waals surface area contributed by atoms with Gasteiger partial charge in [0.2, 0.25) is 5.91 Å². The van der Waals surface area contributed by atoms with Gasteiger partial charge in [-0.2, -0.15) is 0 Å². The third-order valence-corrected chi connectivity index (χ3v) is 8.35. The molecule has 0 spiro atoms. The normalized spacial score (nSPS) is 16.3. The molecule has 1 fully saturated rings. The van der Waals surface area contributed by atoms with Crippen LogP contribution in [0, 0.1) is 5.82 Å². The molecule has 3 aromatic carbocycles. The van der Waals surface area contributed by atoms with Crippen LogP contribution < -0.4 is 11.4 Å². The van der Waals surface area contributed by atoms with E-state index < -0.39 is 11.5 Å². The van der Waals surface area contributed by atoms with Crippen molar-refractivity contribution in [1.82, 2.24) is 24.0 Å². The minimum absolute atomic E-state index is 0.0586. The highest BCUT2D eigenvalue weighted by Gasteiger charge is 2.29. The van der Waals surface area contributed by atoms with Gasteiger partial charge in [-0.05, 0) is 67.6 Å². The van der Waals surface area contributed by atoms with Gasteiger partial charge in [-0.3, -0.25) is 9.36 Å². The Labute approximate surface area is 249 Å². The number of nitrogens with zero attached hydrogens (tertiary/aromatic N) is 4. The van der Waals surface area contributed by atoms with Crippen LogP contribution in [0.4, 0.5) is 4.39 Å². The molecule has 9 nitrogen and oxygen atoms in total. The van der Waals surface area contributed by atoms with Crippen LogP contribution in [-0.2, 0) is 22.5 Å². The zero-order valence-electron chi connectivity index (χ0n) is 24.3. The molecule has 0 radical (unpaired) electrons. The molecule has 1 saturated heterocycles. The minimum Gasteiger partial charge on any atom is -0.385 e. The van der Waals surface area contributed by atoms with Crippen molar-refractivity contribution in [3.63, 3.8) is 0 Å². The highest BCUT2D eigenvalue weighted by Crippen LogP contribution is 2.30. The molecule has 2 aromatic heterocycles. The topological polar surface area (TPSA) is 111 Å². The second-order valence-electron chi connectivity index (χ2n) is 11.4. The molecule has 0 aliphatic carbocycles. The number of benzene rings is 3. The molecule has 1 aliphatic rings. The smallest absolute Gasteiger partial charge is 0.331 e. The van der Waals surface area contributed by atoms with Crippen molar-refractivity contribution in [2.45, 2.75) is 50.6 Å². The molecule has 3 N–H and O–H groups in total. The van der Waals surface area contributed by atoms with E-state index in [0.29, 0.717) is 30.8 Å². The van der Waals surface area contributed by atoms with Crippen molar-refractivity contribution < 1.29 is 13.9 Å². The molecule has 5 aromatic rings. The molecular weight excluding hydrogens is 547 g/mol. The number of aromatic nitrogens is 4. The number of hydrogen-bond acceptors (Lipinski definition) is 5. The molecule has 0 unspecified atom stereocenters. The van der Waals surface area contributed by atoms with Gasteiger partial charge in [-0.15, -0.1) is 0 Å². The van der Waals surface area contributed by atoms with Crippen LogP contribution in [-0.4, -0.2) is 62.8 Å². The fourth-order valence-electron chi connectivity index (χ4n) is 6.28. The van der Waals surface area contributed by atoms with E-state index in [4.69, 9.17) is 15.5 Å². The van der Waals surface area contributed by atoms with Crippen molar-refractivity contribution in [2.75, 3.05) is 26.8 Å². The highest BCUT2D eigenvalue weighted by atomic mass is 19.1. The first kappa shape index (κ1) is 28.8.